The van der Waals surface area contributed by atoms with E-state index in [1.165, 1.54) is 12.1 Å². The van der Waals surface area contributed by atoms with E-state index in [-0.39, 0.29) is 0 Å². The number of benzene rings is 3. The van der Waals surface area contributed by atoms with Crippen LogP contribution in [-0.2, 0) is 17.6 Å². The standard InChI is InChI=1S/C32H7F11N6O5/c1-8-10(31(46-2)47-3)4-12-14(8)15(18-20(33)24(37)28(48(50)51)25(38)21(18)34)13-5-11(9(6-44)7-45)30(54-32(41,42)43)17(13)16(12)19-22(35)26(39)29(49(52)53)27(40)23(19)36/h4-5H2,1H3. The van der Waals surface area contributed by atoms with E-state index in [4.69, 9.17) is 13.1 Å². The number of hydrogen-bond donors (Lipinski definition) is 0. The molecular formula is C32H7F11N6O5. The van der Waals surface area contributed by atoms with Gasteiger partial charge in [0.25, 0.3) is 0 Å². The van der Waals surface area contributed by atoms with E-state index in [0.29, 0.717) is 0 Å². The van der Waals surface area contributed by atoms with Crippen molar-refractivity contribution in [3.05, 3.63) is 134 Å². The number of alkyl halides is 3. The minimum absolute atomic E-state index is 0.538. The van der Waals surface area contributed by atoms with Crippen LogP contribution in [-0.4, -0.2) is 16.2 Å². The lowest BCUT2D eigenvalue weighted by Gasteiger charge is -2.19. The van der Waals surface area contributed by atoms with Crippen LogP contribution >= 0.6 is 0 Å². The minimum atomic E-state index is -5.91. The van der Waals surface area contributed by atoms with Crippen LogP contribution in [0.2, 0.25) is 0 Å². The molecule has 0 radical (unpaired) electrons. The van der Waals surface area contributed by atoms with Gasteiger partial charge in [-0.05, 0) is 40.8 Å². The Kier molecular flexibility index (Phi) is 9.14. The fourth-order valence-corrected chi connectivity index (χ4v) is 6.29. The van der Waals surface area contributed by atoms with Gasteiger partial charge in [-0.3, -0.25) is 20.2 Å². The first-order valence-corrected chi connectivity index (χ1v) is 13.9. The molecule has 0 amide bonds. The highest BCUT2D eigenvalue weighted by Gasteiger charge is 2.44. The molecule has 5 rings (SSSR count). The second-order valence-electron chi connectivity index (χ2n) is 10.9. The Morgan fingerprint density at radius 2 is 1.06 bits per heavy atom. The molecule has 0 aliphatic heterocycles. The summed E-state index contributed by atoms with van der Waals surface area (Å²) in [5, 5.41) is 39.4. The maximum absolute atomic E-state index is 15.9. The van der Waals surface area contributed by atoms with Crippen molar-refractivity contribution in [1.29, 1.82) is 10.5 Å². The molecule has 3 aromatic rings. The number of hydrogen-bond acceptors (Lipinski definition) is 7. The zero-order valence-corrected chi connectivity index (χ0v) is 25.8. The van der Waals surface area contributed by atoms with Crippen molar-refractivity contribution in [1.82, 2.24) is 0 Å². The first-order valence-electron chi connectivity index (χ1n) is 13.9. The SMILES string of the molecule is [C-]#[N+]C([N+]#[C-])=C1Cc2c(-c3c(F)c(F)c([N+](=O)[O-])c(F)c3F)c3c(c(-c4c(F)c(F)c([N+](=O)[O-])c(F)c4F)c2=C1C)CC(=C(C#N)C#N)C=3OC(F)(F)F. The van der Waals surface area contributed by atoms with Crippen molar-refractivity contribution in [2.24, 2.45) is 0 Å². The number of allylic oxidation sites excluding steroid dienone is 2. The van der Waals surface area contributed by atoms with Crippen LogP contribution in [0.1, 0.15) is 18.1 Å². The number of nitro groups is 2. The highest BCUT2D eigenvalue weighted by molar-refractivity contribution is 5.92. The largest absolute Gasteiger partial charge is 0.573 e. The number of halogens is 11. The van der Waals surface area contributed by atoms with Gasteiger partial charge in [0.15, 0.2) is 23.3 Å². The van der Waals surface area contributed by atoms with Crippen molar-refractivity contribution >= 4 is 22.7 Å². The Hall–Kier alpha value is -7.33. The summed E-state index contributed by atoms with van der Waals surface area (Å²) in [6.07, 6.45) is -8.43. The number of fused-ring (bicyclic) bond motifs is 2. The van der Waals surface area contributed by atoms with Gasteiger partial charge < -0.3 is 4.74 Å². The normalized spacial score (nSPS) is 13.1. The molecule has 0 bridgehead atoms. The number of ether oxygens (including phenoxy) is 1. The van der Waals surface area contributed by atoms with Gasteiger partial charge in [0.2, 0.25) is 23.3 Å². The number of nitriles is 2. The molecule has 0 N–H and O–H groups in total. The van der Waals surface area contributed by atoms with E-state index >= 15 is 35.1 Å². The third-order valence-corrected chi connectivity index (χ3v) is 8.31. The van der Waals surface area contributed by atoms with E-state index in [1.54, 1.807) is 0 Å². The summed E-state index contributed by atoms with van der Waals surface area (Å²) in [6.45, 7) is 15.7. The van der Waals surface area contributed by atoms with Crippen molar-refractivity contribution in [2.45, 2.75) is 26.1 Å². The van der Waals surface area contributed by atoms with Gasteiger partial charge >= 0.3 is 23.6 Å². The highest BCUT2D eigenvalue weighted by atomic mass is 19.4. The zero-order valence-electron chi connectivity index (χ0n) is 25.8. The van der Waals surface area contributed by atoms with Crippen LogP contribution in [0.4, 0.5) is 59.7 Å². The van der Waals surface area contributed by atoms with Crippen LogP contribution in [0.25, 0.3) is 43.3 Å². The van der Waals surface area contributed by atoms with E-state index in [0.717, 1.165) is 6.92 Å². The molecule has 22 heteroatoms. The molecule has 0 atom stereocenters. The molecule has 11 nitrogen and oxygen atoms in total. The van der Waals surface area contributed by atoms with Gasteiger partial charge in [-0.25, -0.2) is 17.6 Å². The fourth-order valence-electron chi connectivity index (χ4n) is 6.29. The summed E-state index contributed by atoms with van der Waals surface area (Å²) in [4.78, 5) is 24.7. The third kappa shape index (κ3) is 5.39. The molecule has 2 aliphatic carbocycles. The molecule has 0 aromatic heterocycles. The van der Waals surface area contributed by atoms with Crippen LogP contribution in [0, 0.1) is 103 Å². The van der Waals surface area contributed by atoms with Gasteiger partial charge in [-0.2, -0.15) is 37.8 Å². The second-order valence-corrected chi connectivity index (χ2v) is 10.9. The molecule has 3 aromatic carbocycles. The first kappa shape index (κ1) is 37.9. The zero-order chi connectivity index (χ0) is 40.5. The maximum Gasteiger partial charge on any atom is 0.573 e. The van der Waals surface area contributed by atoms with Gasteiger partial charge in [-0.15, -0.1) is 13.2 Å². The Morgan fingerprint density at radius 3 is 1.41 bits per heavy atom. The molecule has 272 valence electrons. The summed E-state index contributed by atoms with van der Waals surface area (Å²) in [5.74, 6) is -24.1. The van der Waals surface area contributed by atoms with Crippen LogP contribution in [0.15, 0.2) is 22.5 Å². The smallest absolute Gasteiger partial charge is 0.405 e. The van der Waals surface area contributed by atoms with Crippen molar-refractivity contribution in [2.75, 3.05) is 0 Å². The molecular weight excluding hydrogens is 757 g/mol. The van der Waals surface area contributed by atoms with Gasteiger partial charge in [0.1, 0.15) is 36.6 Å². The Bertz CT molecular complexity index is 2640. The minimum Gasteiger partial charge on any atom is -0.405 e. The first-order chi connectivity index (χ1) is 25.2. The molecule has 0 saturated heterocycles. The average molecular weight is 764 g/mol. The predicted octanol–water partition coefficient (Wildman–Crippen LogP) is 7.27. The summed E-state index contributed by atoms with van der Waals surface area (Å²) in [7, 11) is 0. The Morgan fingerprint density at radius 1 is 0.685 bits per heavy atom. The van der Waals surface area contributed by atoms with Crippen molar-refractivity contribution in [3.63, 3.8) is 0 Å². The summed E-state index contributed by atoms with van der Waals surface area (Å²) in [5.41, 5.74) is -17.3. The predicted molar refractivity (Wildman–Crippen MR) is 155 cm³/mol. The van der Waals surface area contributed by atoms with Crippen LogP contribution < -0.4 is 10.4 Å². The molecule has 54 heavy (non-hydrogen) atoms. The molecule has 2 aliphatic rings. The van der Waals surface area contributed by atoms with E-state index in [1.807, 2.05) is 0 Å². The van der Waals surface area contributed by atoms with Crippen molar-refractivity contribution in [3.8, 4) is 34.4 Å². The lowest BCUT2D eigenvalue weighted by atomic mass is 9.85. The van der Waals surface area contributed by atoms with E-state index in [2.05, 4.69) is 14.4 Å². The van der Waals surface area contributed by atoms with Crippen molar-refractivity contribution < 1.29 is 62.9 Å². The fraction of sp³-hybridized carbons (Fsp3) is 0.125. The number of nitrogens with zero attached hydrogens (tertiary/aromatic N) is 6. The maximum atomic E-state index is 15.9. The molecule has 0 fully saturated rings. The Balaban J connectivity index is 2.30. The monoisotopic (exact) mass is 764 g/mol. The van der Waals surface area contributed by atoms with Crippen LogP contribution in [0.3, 0.4) is 0 Å². The second kappa shape index (κ2) is 13.0. The summed E-state index contributed by atoms with van der Waals surface area (Å²) < 4.78 is 171. The van der Waals surface area contributed by atoms with Gasteiger partial charge in [0, 0.05) is 22.8 Å². The van der Waals surface area contributed by atoms with Gasteiger partial charge in [0.05, 0.1) is 26.5 Å². The van der Waals surface area contributed by atoms with E-state index in [9.17, 15) is 43.9 Å². The summed E-state index contributed by atoms with van der Waals surface area (Å²) in [6, 6.07) is 2.35. The lowest BCUT2D eigenvalue weighted by molar-refractivity contribution is -0.390. The molecule has 0 heterocycles. The quantitative estimate of drug-likeness (QED) is 0.0662. The topological polar surface area (TPSA) is 152 Å². The molecule has 0 spiro atoms. The van der Waals surface area contributed by atoms with E-state index < -0.39 is 165 Å². The average Bonchev–Trinajstić information content (AvgIpc) is 3.61. The lowest BCUT2D eigenvalue weighted by Crippen LogP contribution is -2.28. The highest BCUT2D eigenvalue weighted by Crippen LogP contribution is 2.45. The van der Waals surface area contributed by atoms with Gasteiger partial charge in [-0.1, -0.05) is 0 Å². The molecule has 0 saturated carbocycles. The van der Waals surface area contributed by atoms with Crippen LogP contribution in [0.5, 0.6) is 0 Å². The number of nitro benzene ring substituents is 2. The number of rotatable bonds is 5. The third-order valence-electron chi connectivity index (χ3n) is 8.31. The molecule has 0 unspecified atom stereocenters. The summed E-state index contributed by atoms with van der Waals surface area (Å²) >= 11 is 0. The Labute approximate surface area is 290 Å².